The molecule has 2 N–H and O–H groups in total. The first-order valence-electron chi connectivity index (χ1n) is 4.79. The van der Waals surface area contributed by atoms with Crippen LogP contribution in [-0.2, 0) is 4.79 Å². The molecule has 0 radical (unpaired) electrons. The second kappa shape index (κ2) is 4.42. The predicted octanol–water partition coefficient (Wildman–Crippen LogP) is 0.675. The highest BCUT2D eigenvalue weighted by molar-refractivity contribution is 5.81. The zero-order valence-corrected chi connectivity index (χ0v) is 8.34. The number of nitrogens with one attached hydrogen (secondary N) is 2. The maximum atomic E-state index is 11.4. The molecule has 0 bridgehead atoms. The minimum absolute atomic E-state index is 0.0546. The van der Waals surface area contributed by atoms with E-state index in [0.29, 0.717) is 12.6 Å². The fraction of sp³-hybridized carbons (Fsp3) is 0.700. The number of carbonyl (C=O) groups excluding carboxylic acids is 1. The molecule has 1 fully saturated rings. The third-order valence-corrected chi connectivity index (χ3v) is 2.39. The second-order valence-corrected chi connectivity index (χ2v) is 3.74. The van der Waals surface area contributed by atoms with Crippen molar-refractivity contribution in [1.29, 1.82) is 0 Å². The van der Waals surface area contributed by atoms with Crippen molar-refractivity contribution in [1.82, 2.24) is 10.6 Å². The van der Waals surface area contributed by atoms with E-state index in [0.717, 1.165) is 5.92 Å². The summed E-state index contributed by atoms with van der Waals surface area (Å²) < 4.78 is 0. The molecule has 3 unspecified atom stereocenters. The van der Waals surface area contributed by atoms with E-state index in [9.17, 15) is 4.79 Å². The molecule has 0 aromatic carbocycles. The molecule has 74 valence electrons. The Morgan fingerprint density at radius 1 is 1.77 bits per heavy atom. The van der Waals surface area contributed by atoms with Crippen LogP contribution in [0.15, 0.2) is 12.7 Å². The Balaban J connectivity index is 2.17. The lowest BCUT2D eigenvalue weighted by Gasteiger charge is -2.12. The van der Waals surface area contributed by atoms with Gasteiger partial charge in [-0.3, -0.25) is 4.79 Å². The molecular formula is C10H18N2O. The van der Waals surface area contributed by atoms with Crippen molar-refractivity contribution < 1.29 is 4.79 Å². The first kappa shape index (κ1) is 10.3. The predicted molar refractivity (Wildman–Crippen MR) is 53.4 cm³/mol. The molecule has 3 nitrogen and oxygen atoms in total. The van der Waals surface area contributed by atoms with Gasteiger partial charge in [0.05, 0.1) is 6.04 Å². The van der Waals surface area contributed by atoms with Gasteiger partial charge in [-0.25, -0.2) is 0 Å². The van der Waals surface area contributed by atoms with Crippen molar-refractivity contribution in [2.75, 3.05) is 6.54 Å². The lowest BCUT2D eigenvalue weighted by atomic mass is 10.3. The van der Waals surface area contributed by atoms with Crippen LogP contribution in [0.4, 0.5) is 0 Å². The summed E-state index contributed by atoms with van der Waals surface area (Å²) in [5.74, 6) is 0.786. The second-order valence-electron chi connectivity index (χ2n) is 3.74. The van der Waals surface area contributed by atoms with Crippen molar-refractivity contribution in [2.24, 2.45) is 5.92 Å². The van der Waals surface area contributed by atoms with Gasteiger partial charge in [0.1, 0.15) is 0 Å². The summed E-state index contributed by atoms with van der Waals surface area (Å²) in [5.41, 5.74) is 0. The van der Waals surface area contributed by atoms with Crippen molar-refractivity contribution in [3.63, 3.8) is 0 Å². The maximum Gasteiger partial charge on any atom is 0.237 e. The normalized spacial score (nSPS) is 27.8. The van der Waals surface area contributed by atoms with Gasteiger partial charge in [-0.15, -0.1) is 6.58 Å². The van der Waals surface area contributed by atoms with Gasteiger partial charge in [0.25, 0.3) is 0 Å². The summed E-state index contributed by atoms with van der Waals surface area (Å²) in [7, 11) is 0. The fourth-order valence-electron chi connectivity index (χ4n) is 1.28. The van der Waals surface area contributed by atoms with E-state index in [1.165, 1.54) is 6.42 Å². The van der Waals surface area contributed by atoms with Gasteiger partial charge in [-0.05, 0) is 19.3 Å². The van der Waals surface area contributed by atoms with Crippen LogP contribution in [0.2, 0.25) is 0 Å². The molecular weight excluding hydrogens is 164 g/mol. The van der Waals surface area contributed by atoms with Crippen LogP contribution in [0.1, 0.15) is 20.3 Å². The third-order valence-electron chi connectivity index (χ3n) is 2.39. The standard InChI is InChI=1S/C10H18N2O/c1-4-5-11-10(13)8(3)12-9-6-7(9)2/h4,7-9,12H,1,5-6H2,2-3H3,(H,11,13). The van der Waals surface area contributed by atoms with Gasteiger partial charge < -0.3 is 10.6 Å². The van der Waals surface area contributed by atoms with Gasteiger partial charge in [0.15, 0.2) is 0 Å². The highest BCUT2D eigenvalue weighted by atomic mass is 16.2. The molecule has 0 spiro atoms. The third kappa shape index (κ3) is 3.19. The Kier molecular flexibility index (Phi) is 3.48. The van der Waals surface area contributed by atoms with Crippen LogP contribution in [0.3, 0.4) is 0 Å². The van der Waals surface area contributed by atoms with Crippen LogP contribution in [0.25, 0.3) is 0 Å². The largest absolute Gasteiger partial charge is 0.351 e. The molecule has 1 saturated carbocycles. The summed E-state index contributed by atoms with van der Waals surface area (Å²) >= 11 is 0. The zero-order valence-electron chi connectivity index (χ0n) is 8.34. The number of rotatable bonds is 5. The van der Waals surface area contributed by atoms with E-state index in [1.54, 1.807) is 6.08 Å². The summed E-state index contributed by atoms with van der Waals surface area (Å²) in [6.07, 6.45) is 2.88. The number of amides is 1. The van der Waals surface area contributed by atoms with E-state index in [1.807, 2.05) is 6.92 Å². The van der Waals surface area contributed by atoms with Crippen molar-refractivity contribution in [3.05, 3.63) is 12.7 Å². The Morgan fingerprint density at radius 2 is 2.38 bits per heavy atom. The topological polar surface area (TPSA) is 41.1 Å². The number of carbonyl (C=O) groups is 1. The fourth-order valence-corrected chi connectivity index (χ4v) is 1.28. The van der Waals surface area contributed by atoms with Gasteiger partial charge in [0.2, 0.25) is 5.91 Å². The van der Waals surface area contributed by atoms with Crippen LogP contribution >= 0.6 is 0 Å². The smallest absolute Gasteiger partial charge is 0.237 e. The minimum Gasteiger partial charge on any atom is -0.351 e. The lowest BCUT2D eigenvalue weighted by molar-refractivity contribution is -0.122. The van der Waals surface area contributed by atoms with E-state index >= 15 is 0 Å². The molecule has 13 heavy (non-hydrogen) atoms. The molecule has 0 saturated heterocycles. The molecule has 1 aliphatic carbocycles. The molecule has 1 rings (SSSR count). The van der Waals surface area contributed by atoms with Crippen LogP contribution in [0, 0.1) is 5.92 Å². The monoisotopic (exact) mass is 182 g/mol. The molecule has 1 aliphatic rings. The quantitative estimate of drug-likeness (QED) is 0.614. The van der Waals surface area contributed by atoms with E-state index in [-0.39, 0.29) is 11.9 Å². The van der Waals surface area contributed by atoms with Gasteiger partial charge in [-0.2, -0.15) is 0 Å². The SMILES string of the molecule is C=CCNC(=O)C(C)NC1CC1C. The average Bonchev–Trinajstić information content (AvgIpc) is 2.77. The highest BCUT2D eigenvalue weighted by Crippen LogP contribution is 2.29. The molecule has 0 aromatic heterocycles. The molecule has 1 amide bonds. The van der Waals surface area contributed by atoms with Crippen LogP contribution in [-0.4, -0.2) is 24.5 Å². The van der Waals surface area contributed by atoms with E-state index < -0.39 is 0 Å². The summed E-state index contributed by atoms with van der Waals surface area (Å²) in [5, 5.41) is 6.03. The van der Waals surface area contributed by atoms with Crippen molar-refractivity contribution in [2.45, 2.75) is 32.4 Å². The van der Waals surface area contributed by atoms with Crippen molar-refractivity contribution >= 4 is 5.91 Å². The first-order valence-corrected chi connectivity index (χ1v) is 4.79. The lowest BCUT2D eigenvalue weighted by Crippen LogP contribution is -2.43. The zero-order chi connectivity index (χ0) is 9.84. The van der Waals surface area contributed by atoms with Gasteiger partial charge >= 0.3 is 0 Å². The maximum absolute atomic E-state index is 11.4. The van der Waals surface area contributed by atoms with Gasteiger partial charge in [0, 0.05) is 12.6 Å². The molecule has 3 atom stereocenters. The molecule has 0 heterocycles. The average molecular weight is 182 g/mol. The molecule has 0 aliphatic heterocycles. The minimum atomic E-state index is -0.0881. The van der Waals surface area contributed by atoms with E-state index in [2.05, 4.69) is 24.1 Å². The highest BCUT2D eigenvalue weighted by Gasteiger charge is 2.34. The van der Waals surface area contributed by atoms with Gasteiger partial charge in [-0.1, -0.05) is 13.0 Å². The molecule has 0 aromatic rings. The summed E-state index contributed by atoms with van der Waals surface area (Å²) in [4.78, 5) is 11.4. The molecule has 3 heteroatoms. The number of hydrogen-bond acceptors (Lipinski definition) is 2. The summed E-state index contributed by atoms with van der Waals surface area (Å²) in [6, 6.07) is 0.458. The van der Waals surface area contributed by atoms with Crippen LogP contribution < -0.4 is 10.6 Å². The van der Waals surface area contributed by atoms with E-state index in [4.69, 9.17) is 0 Å². The summed E-state index contributed by atoms with van der Waals surface area (Å²) in [6.45, 7) is 8.17. The first-order chi connectivity index (χ1) is 6.15. The van der Waals surface area contributed by atoms with Crippen LogP contribution in [0.5, 0.6) is 0 Å². The Morgan fingerprint density at radius 3 is 2.85 bits per heavy atom. The Hall–Kier alpha value is -0.830. The Bertz CT molecular complexity index is 203. The Labute approximate surface area is 79.6 Å². The van der Waals surface area contributed by atoms with Crippen molar-refractivity contribution in [3.8, 4) is 0 Å². The number of hydrogen-bond donors (Lipinski definition) is 2.